The van der Waals surface area contributed by atoms with Crippen molar-refractivity contribution in [2.24, 2.45) is 5.73 Å². The predicted octanol–water partition coefficient (Wildman–Crippen LogP) is 2.60. The van der Waals surface area contributed by atoms with Crippen molar-refractivity contribution in [2.75, 3.05) is 0 Å². The van der Waals surface area contributed by atoms with Crippen molar-refractivity contribution in [1.29, 1.82) is 5.41 Å². The van der Waals surface area contributed by atoms with Crippen LogP contribution in [-0.4, -0.2) is 10.8 Å². The van der Waals surface area contributed by atoms with Crippen LogP contribution in [0.15, 0.2) is 42.6 Å². The largest absolute Gasteiger partial charge is 0.489 e. The van der Waals surface area contributed by atoms with Crippen molar-refractivity contribution in [3.8, 4) is 5.75 Å². The molecule has 2 aromatic rings. The highest BCUT2D eigenvalue weighted by Crippen LogP contribution is 2.18. The molecule has 3 N–H and O–H groups in total. The van der Waals surface area contributed by atoms with E-state index in [1.807, 2.05) is 24.3 Å². The summed E-state index contributed by atoms with van der Waals surface area (Å²) in [6.07, 6.45) is 1.55. The van der Waals surface area contributed by atoms with Gasteiger partial charge in [0.15, 0.2) is 0 Å². The molecule has 5 heteroatoms. The zero-order valence-corrected chi connectivity index (χ0v) is 10.3. The molecule has 0 spiro atoms. The number of ether oxygens (including phenoxy) is 1. The lowest BCUT2D eigenvalue weighted by Gasteiger charge is -2.08. The first kappa shape index (κ1) is 12.4. The van der Waals surface area contributed by atoms with Gasteiger partial charge in [0.05, 0.1) is 0 Å². The minimum atomic E-state index is -0.0850. The summed E-state index contributed by atoms with van der Waals surface area (Å²) in [4.78, 5) is 3.96. The van der Waals surface area contributed by atoms with Crippen LogP contribution in [0.4, 0.5) is 0 Å². The molecule has 0 fully saturated rings. The fraction of sp³-hybridized carbons (Fsp3) is 0.0769. The quantitative estimate of drug-likeness (QED) is 0.656. The van der Waals surface area contributed by atoms with Crippen molar-refractivity contribution in [3.05, 3.63) is 58.9 Å². The van der Waals surface area contributed by atoms with Crippen molar-refractivity contribution in [3.63, 3.8) is 0 Å². The maximum Gasteiger partial charge on any atom is 0.141 e. The van der Waals surface area contributed by atoms with Crippen LogP contribution in [0.1, 0.15) is 11.3 Å². The van der Waals surface area contributed by atoms with E-state index in [4.69, 9.17) is 27.5 Å². The van der Waals surface area contributed by atoms with E-state index in [2.05, 4.69) is 4.98 Å². The molecule has 0 aliphatic rings. The summed E-state index contributed by atoms with van der Waals surface area (Å²) in [6.45, 7) is 0.362. The van der Waals surface area contributed by atoms with Gasteiger partial charge in [0, 0.05) is 22.8 Å². The lowest BCUT2D eigenvalue weighted by Crippen LogP contribution is -2.13. The van der Waals surface area contributed by atoms with Gasteiger partial charge in [-0.3, -0.25) is 10.4 Å². The second kappa shape index (κ2) is 5.51. The molecule has 1 aromatic carbocycles. The van der Waals surface area contributed by atoms with Crippen LogP contribution in [0.3, 0.4) is 0 Å². The first-order valence-corrected chi connectivity index (χ1v) is 5.71. The molecule has 18 heavy (non-hydrogen) atoms. The molecule has 0 bridgehead atoms. The van der Waals surface area contributed by atoms with Gasteiger partial charge in [-0.2, -0.15) is 0 Å². The molecule has 1 aromatic heterocycles. The van der Waals surface area contributed by atoms with Crippen LogP contribution in [0.25, 0.3) is 0 Å². The van der Waals surface area contributed by atoms with Crippen LogP contribution in [0, 0.1) is 5.41 Å². The van der Waals surface area contributed by atoms with Crippen LogP contribution in [0.2, 0.25) is 5.02 Å². The Kier molecular flexibility index (Phi) is 3.79. The number of pyridine rings is 1. The number of hydrogen-bond acceptors (Lipinski definition) is 3. The molecule has 2 rings (SSSR count). The van der Waals surface area contributed by atoms with Crippen molar-refractivity contribution >= 4 is 17.4 Å². The molecule has 1 heterocycles. The normalized spacial score (nSPS) is 10.1. The first-order valence-electron chi connectivity index (χ1n) is 5.33. The summed E-state index contributed by atoms with van der Waals surface area (Å²) in [5.74, 6) is 0.522. The number of halogens is 1. The Bertz CT molecular complexity index is 572. The van der Waals surface area contributed by atoms with Gasteiger partial charge in [0.2, 0.25) is 0 Å². The van der Waals surface area contributed by atoms with Gasteiger partial charge in [-0.15, -0.1) is 0 Å². The van der Waals surface area contributed by atoms with E-state index in [1.54, 1.807) is 18.3 Å². The second-order valence-electron chi connectivity index (χ2n) is 3.67. The molecule has 0 aliphatic heterocycles. The maximum absolute atomic E-state index is 7.30. The number of nitrogens with one attached hydrogen (secondary N) is 1. The molecule has 0 aliphatic carbocycles. The summed E-state index contributed by atoms with van der Waals surface area (Å²) in [5.41, 5.74) is 6.66. The van der Waals surface area contributed by atoms with Gasteiger partial charge in [-0.25, -0.2) is 0 Å². The third kappa shape index (κ3) is 2.99. The molecule has 0 saturated carbocycles. The van der Waals surface area contributed by atoms with Crippen molar-refractivity contribution < 1.29 is 4.74 Å². The van der Waals surface area contributed by atoms with E-state index in [0.717, 1.165) is 5.56 Å². The zero-order chi connectivity index (χ0) is 13.0. The fourth-order valence-corrected chi connectivity index (χ4v) is 1.62. The lowest BCUT2D eigenvalue weighted by molar-refractivity contribution is 0.306. The predicted molar refractivity (Wildman–Crippen MR) is 71.0 cm³/mol. The van der Waals surface area contributed by atoms with Crippen molar-refractivity contribution in [2.45, 2.75) is 6.61 Å². The minimum Gasteiger partial charge on any atom is -0.489 e. The second-order valence-corrected chi connectivity index (χ2v) is 4.08. The Balaban J connectivity index is 2.09. The molecule has 0 radical (unpaired) electrons. The van der Waals surface area contributed by atoms with Crippen LogP contribution in [0.5, 0.6) is 5.75 Å². The van der Waals surface area contributed by atoms with Crippen LogP contribution in [-0.2, 0) is 6.61 Å². The number of nitrogens with zero attached hydrogens (tertiary/aromatic N) is 1. The SMILES string of the molecule is N=C(N)c1cc(OCc2ccccc2Cl)ccn1. The molecule has 0 unspecified atom stereocenters. The molecule has 4 nitrogen and oxygen atoms in total. The smallest absolute Gasteiger partial charge is 0.141 e. The van der Waals surface area contributed by atoms with Crippen LogP contribution >= 0.6 is 11.6 Å². The summed E-state index contributed by atoms with van der Waals surface area (Å²) in [6, 6.07) is 10.8. The Hall–Kier alpha value is -2.07. The fourth-order valence-electron chi connectivity index (χ4n) is 1.42. The number of hydrogen-bond donors (Lipinski definition) is 2. The number of aromatic nitrogens is 1. The third-order valence-electron chi connectivity index (χ3n) is 2.36. The molecule has 92 valence electrons. The Morgan fingerprint density at radius 3 is 2.83 bits per heavy atom. The van der Waals surface area contributed by atoms with Gasteiger partial charge in [-0.05, 0) is 12.1 Å². The standard InChI is InChI=1S/C13H12ClN3O/c14-11-4-2-1-3-9(11)8-18-10-5-6-17-12(7-10)13(15)16/h1-7H,8H2,(H3,15,16). The molecule has 0 saturated heterocycles. The number of amidine groups is 1. The number of rotatable bonds is 4. The maximum atomic E-state index is 7.30. The van der Waals surface area contributed by atoms with E-state index in [-0.39, 0.29) is 5.84 Å². The van der Waals surface area contributed by atoms with E-state index in [1.165, 1.54) is 0 Å². The highest BCUT2D eigenvalue weighted by Gasteiger charge is 2.03. The number of benzene rings is 1. The lowest BCUT2D eigenvalue weighted by atomic mass is 10.2. The minimum absolute atomic E-state index is 0.0850. The monoisotopic (exact) mass is 261 g/mol. The van der Waals surface area contributed by atoms with Gasteiger partial charge < -0.3 is 10.5 Å². The van der Waals surface area contributed by atoms with Gasteiger partial charge >= 0.3 is 0 Å². The van der Waals surface area contributed by atoms with Gasteiger partial charge in [0.25, 0.3) is 0 Å². The Labute approximate surface area is 110 Å². The van der Waals surface area contributed by atoms with Crippen molar-refractivity contribution in [1.82, 2.24) is 4.98 Å². The highest BCUT2D eigenvalue weighted by molar-refractivity contribution is 6.31. The Morgan fingerprint density at radius 1 is 1.33 bits per heavy atom. The van der Waals surface area contributed by atoms with Crippen LogP contribution < -0.4 is 10.5 Å². The topological polar surface area (TPSA) is 72.0 Å². The van der Waals surface area contributed by atoms with Gasteiger partial charge in [0.1, 0.15) is 23.9 Å². The third-order valence-corrected chi connectivity index (χ3v) is 2.73. The Morgan fingerprint density at radius 2 is 2.11 bits per heavy atom. The van der Waals surface area contributed by atoms with E-state index >= 15 is 0 Å². The summed E-state index contributed by atoms with van der Waals surface area (Å²) < 4.78 is 5.59. The summed E-state index contributed by atoms with van der Waals surface area (Å²) >= 11 is 6.03. The molecular weight excluding hydrogens is 250 g/mol. The van der Waals surface area contributed by atoms with Gasteiger partial charge in [-0.1, -0.05) is 29.8 Å². The highest BCUT2D eigenvalue weighted by atomic mass is 35.5. The average molecular weight is 262 g/mol. The van der Waals surface area contributed by atoms with E-state index in [9.17, 15) is 0 Å². The first-order chi connectivity index (χ1) is 8.66. The molecule has 0 atom stereocenters. The van der Waals surface area contributed by atoms with E-state index < -0.39 is 0 Å². The molecular formula is C13H12ClN3O. The summed E-state index contributed by atoms with van der Waals surface area (Å²) in [7, 11) is 0. The number of nitrogens with two attached hydrogens (primary N) is 1. The summed E-state index contributed by atoms with van der Waals surface area (Å²) in [5, 5.41) is 7.97. The molecule has 0 amide bonds. The zero-order valence-electron chi connectivity index (χ0n) is 9.56. The number of nitrogen functional groups attached to an aromatic ring is 1. The average Bonchev–Trinajstić information content (AvgIpc) is 2.38. The van der Waals surface area contributed by atoms with E-state index in [0.29, 0.717) is 23.1 Å².